The fraction of sp³-hybridized carbons (Fsp3) is 0.321. The van der Waals surface area contributed by atoms with Crippen LogP contribution in [0.25, 0.3) is 0 Å². The van der Waals surface area contributed by atoms with Crippen molar-refractivity contribution in [1.82, 2.24) is 0 Å². The molecule has 3 rings (SSSR count). The quantitative estimate of drug-likeness (QED) is 0.353. The van der Waals surface area contributed by atoms with E-state index in [-0.39, 0.29) is 18.0 Å². The minimum atomic E-state index is -0.459. The van der Waals surface area contributed by atoms with Crippen molar-refractivity contribution in [2.24, 2.45) is 5.92 Å². The monoisotopic (exact) mass is 431 g/mol. The van der Waals surface area contributed by atoms with Crippen molar-refractivity contribution in [3.8, 4) is 11.5 Å². The van der Waals surface area contributed by atoms with Crippen LogP contribution in [0.2, 0.25) is 0 Å². The Kier molecular flexibility index (Phi) is 7.57. The highest BCUT2D eigenvalue weighted by atomic mass is 16.5. The van der Waals surface area contributed by atoms with Gasteiger partial charge in [0.15, 0.2) is 0 Å². The maximum absolute atomic E-state index is 13.2. The van der Waals surface area contributed by atoms with Gasteiger partial charge in [0.2, 0.25) is 0 Å². The third kappa shape index (κ3) is 5.91. The number of nitrogens with zero attached hydrogens (tertiary/aromatic N) is 1. The van der Waals surface area contributed by atoms with Crippen LogP contribution in [0, 0.1) is 19.8 Å². The lowest BCUT2D eigenvalue weighted by molar-refractivity contribution is -0.149. The molecule has 0 aliphatic rings. The molecule has 32 heavy (non-hydrogen) atoms. The molecular weight excluding hydrogens is 398 g/mol. The predicted octanol–water partition coefficient (Wildman–Crippen LogP) is 7.21. The topological polar surface area (TPSA) is 38.8 Å². The molecule has 0 aliphatic heterocycles. The van der Waals surface area contributed by atoms with Crippen molar-refractivity contribution in [2.45, 2.75) is 53.7 Å². The molecule has 4 nitrogen and oxygen atoms in total. The number of carbonyl (C=O) groups is 1. The largest absolute Gasteiger partial charge is 0.461 e. The van der Waals surface area contributed by atoms with Crippen molar-refractivity contribution in [1.29, 1.82) is 0 Å². The van der Waals surface area contributed by atoms with E-state index >= 15 is 0 Å². The molecule has 3 aromatic rings. The Balaban J connectivity index is 2.02. The zero-order chi connectivity index (χ0) is 23.3. The van der Waals surface area contributed by atoms with Gasteiger partial charge in [0, 0.05) is 11.4 Å². The van der Waals surface area contributed by atoms with E-state index in [1.54, 1.807) is 0 Å². The molecule has 0 bridgehead atoms. The fourth-order valence-electron chi connectivity index (χ4n) is 3.84. The van der Waals surface area contributed by atoms with Gasteiger partial charge in [0.25, 0.3) is 0 Å². The fourth-order valence-corrected chi connectivity index (χ4v) is 3.84. The minimum Gasteiger partial charge on any atom is -0.461 e. The zero-order valence-corrected chi connectivity index (χ0v) is 19.8. The van der Waals surface area contributed by atoms with Gasteiger partial charge in [-0.15, -0.1) is 0 Å². The standard InChI is InChI=1S/C28H33NO3/c1-19(2)27(28(30)31-20(3)4)29(24-17-21(5)16-22(6)18-24)23-12-14-26(15-13-23)32-25-10-8-7-9-11-25/h7-20,27H,1-6H3. The summed E-state index contributed by atoms with van der Waals surface area (Å²) in [6.45, 7) is 12.0. The number of aryl methyl sites for hydroxylation is 2. The summed E-state index contributed by atoms with van der Waals surface area (Å²) < 4.78 is 11.6. The van der Waals surface area contributed by atoms with E-state index in [9.17, 15) is 4.79 Å². The number of ether oxygens (including phenoxy) is 2. The molecule has 4 heteroatoms. The van der Waals surface area contributed by atoms with Crippen LogP contribution >= 0.6 is 0 Å². The number of anilines is 2. The molecule has 168 valence electrons. The van der Waals surface area contributed by atoms with E-state index in [0.29, 0.717) is 0 Å². The number of para-hydroxylation sites is 1. The molecular formula is C28H33NO3. The Bertz CT molecular complexity index is 1010. The minimum absolute atomic E-state index is 0.0438. The SMILES string of the molecule is Cc1cc(C)cc(N(c2ccc(Oc3ccccc3)cc2)C(C(=O)OC(C)C)C(C)C)c1. The summed E-state index contributed by atoms with van der Waals surface area (Å²) in [5.41, 5.74) is 4.18. The molecule has 0 radical (unpaired) electrons. The first-order valence-electron chi connectivity index (χ1n) is 11.2. The van der Waals surface area contributed by atoms with Crippen LogP contribution in [-0.4, -0.2) is 18.1 Å². The van der Waals surface area contributed by atoms with Gasteiger partial charge in [-0.2, -0.15) is 0 Å². The van der Waals surface area contributed by atoms with Crippen molar-refractivity contribution >= 4 is 17.3 Å². The molecule has 0 spiro atoms. The smallest absolute Gasteiger partial charge is 0.329 e. The lowest BCUT2D eigenvalue weighted by Gasteiger charge is -2.35. The third-order valence-corrected chi connectivity index (χ3v) is 5.08. The lowest BCUT2D eigenvalue weighted by Crippen LogP contribution is -2.44. The summed E-state index contributed by atoms with van der Waals surface area (Å²) in [6, 6.07) is 23.4. The molecule has 1 unspecified atom stereocenters. The summed E-state index contributed by atoms with van der Waals surface area (Å²) in [6.07, 6.45) is -0.175. The Labute approximate surface area is 191 Å². The number of hydrogen-bond donors (Lipinski definition) is 0. The second kappa shape index (κ2) is 10.4. The van der Waals surface area contributed by atoms with Crippen LogP contribution in [-0.2, 0) is 9.53 Å². The number of rotatable bonds is 8. The first kappa shape index (κ1) is 23.4. The van der Waals surface area contributed by atoms with Gasteiger partial charge in [0.05, 0.1) is 6.10 Å². The van der Waals surface area contributed by atoms with E-state index in [4.69, 9.17) is 9.47 Å². The van der Waals surface area contributed by atoms with Crippen molar-refractivity contribution in [2.75, 3.05) is 4.90 Å². The predicted molar refractivity (Wildman–Crippen MR) is 131 cm³/mol. The molecule has 0 fully saturated rings. The number of hydrogen-bond acceptors (Lipinski definition) is 4. The molecule has 0 heterocycles. The highest BCUT2D eigenvalue weighted by Gasteiger charge is 2.32. The molecule has 0 amide bonds. The summed E-state index contributed by atoms with van der Waals surface area (Å²) in [5, 5.41) is 0. The summed E-state index contributed by atoms with van der Waals surface area (Å²) in [5.74, 6) is 1.35. The summed E-state index contributed by atoms with van der Waals surface area (Å²) in [4.78, 5) is 15.3. The van der Waals surface area contributed by atoms with Crippen LogP contribution in [0.15, 0.2) is 72.8 Å². The van der Waals surface area contributed by atoms with E-state index in [1.807, 2.05) is 68.4 Å². The third-order valence-electron chi connectivity index (χ3n) is 5.08. The van der Waals surface area contributed by atoms with Gasteiger partial charge in [-0.05, 0) is 93.3 Å². The first-order valence-corrected chi connectivity index (χ1v) is 11.2. The van der Waals surface area contributed by atoms with Gasteiger partial charge in [-0.3, -0.25) is 0 Å². The van der Waals surface area contributed by atoms with Gasteiger partial charge in [-0.1, -0.05) is 38.1 Å². The maximum Gasteiger partial charge on any atom is 0.329 e. The maximum atomic E-state index is 13.2. The van der Waals surface area contributed by atoms with E-state index < -0.39 is 6.04 Å². The average molecular weight is 432 g/mol. The number of benzene rings is 3. The summed E-state index contributed by atoms with van der Waals surface area (Å²) in [7, 11) is 0. The average Bonchev–Trinajstić information content (AvgIpc) is 2.72. The van der Waals surface area contributed by atoms with Crippen LogP contribution in [0.5, 0.6) is 11.5 Å². The molecule has 0 aliphatic carbocycles. The summed E-state index contributed by atoms with van der Waals surface area (Å²) >= 11 is 0. The van der Waals surface area contributed by atoms with E-state index in [2.05, 4.69) is 50.8 Å². The molecule has 0 saturated heterocycles. The Morgan fingerprint density at radius 2 is 1.31 bits per heavy atom. The van der Waals surface area contributed by atoms with Crippen molar-refractivity contribution in [3.05, 3.63) is 83.9 Å². The van der Waals surface area contributed by atoms with E-state index in [1.165, 1.54) is 0 Å². The first-order chi connectivity index (χ1) is 15.2. The van der Waals surface area contributed by atoms with Gasteiger partial charge in [-0.25, -0.2) is 4.79 Å². The zero-order valence-electron chi connectivity index (χ0n) is 19.8. The van der Waals surface area contributed by atoms with Crippen LogP contribution in [0.1, 0.15) is 38.8 Å². The van der Waals surface area contributed by atoms with Crippen LogP contribution in [0.3, 0.4) is 0 Å². The highest BCUT2D eigenvalue weighted by Crippen LogP contribution is 2.34. The van der Waals surface area contributed by atoms with Crippen LogP contribution in [0.4, 0.5) is 11.4 Å². The van der Waals surface area contributed by atoms with Crippen LogP contribution < -0.4 is 9.64 Å². The molecule has 0 saturated carbocycles. The normalized spacial score (nSPS) is 12.0. The second-order valence-electron chi connectivity index (χ2n) is 8.80. The molecule has 3 aromatic carbocycles. The van der Waals surface area contributed by atoms with Crippen molar-refractivity contribution in [3.63, 3.8) is 0 Å². The molecule has 1 atom stereocenters. The Morgan fingerprint density at radius 3 is 1.84 bits per heavy atom. The van der Waals surface area contributed by atoms with Crippen molar-refractivity contribution < 1.29 is 14.3 Å². The van der Waals surface area contributed by atoms with Gasteiger partial charge < -0.3 is 14.4 Å². The molecule has 0 N–H and O–H groups in total. The second-order valence-corrected chi connectivity index (χ2v) is 8.80. The lowest BCUT2D eigenvalue weighted by atomic mass is 9.99. The Hall–Kier alpha value is -3.27. The van der Waals surface area contributed by atoms with E-state index in [0.717, 1.165) is 34.0 Å². The molecule has 0 aromatic heterocycles. The number of carbonyl (C=O) groups excluding carboxylic acids is 1. The van der Waals surface area contributed by atoms with Gasteiger partial charge >= 0.3 is 5.97 Å². The number of esters is 1. The van der Waals surface area contributed by atoms with Gasteiger partial charge in [0.1, 0.15) is 17.5 Å². The highest BCUT2D eigenvalue weighted by molar-refractivity contribution is 5.85. The Morgan fingerprint density at radius 1 is 0.750 bits per heavy atom.